The monoisotopic (exact) mass is 307 g/mol. The van der Waals surface area contributed by atoms with Crippen LogP contribution in [0, 0.1) is 6.92 Å². The second kappa shape index (κ2) is 5.87. The van der Waals surface area contributed by atoms with Gasteiger partial charge in [-0.3, -0.25) is 0 Å². The molecule has 0 spiro atoms. The normalized spacial score (nSPS) is 12.5. The highest BCUT2D eigenvalue weighted by atomic mass is 32.2. The summed E-state index contributed by atoms with van der Waals surface area (Å²) in [5.41, 5.74) is 6.41. The van der Waals surface area contributed by atoms with Crippen molar-refractivity contribution >= 4 is 25.7 Å². The molecule has 0 atom stereocenters. The zero-order valence-electron chi connectivity index (χ0n) is 10.7. The molecule has 0 saturated carbocycles. The number of sulfonamides is 2. The van der Waals surface area contributed by atoms with Crippen LogP contribution in [0.5, 0.6) is 0 Å². The topological polar surface area (TPSA) is 118 Å². The summed E-state index contributed by atoms with van der Waals surface area (Å²) in [7, 11) is -5.94. The van der Waals surface area contributed by atoms with Crippen molar-refractivity contribution in [1.29, 1.82) is 0 Å². The minimum absolute atomic E-state index is 0.0503. The number of aryl methyl sites for hydroxylation is 1. The summed E-state index contributed by atoms with van der Waals surface area (Å²) in [4.78, 5) is 0.0503. The maximum absolute atomic E-state index is 12.0. The standard InChI is InChI=1S/C10H17N3O4S2/c1-8-3-4-9(11)7-10(8)19(16,17)13-5-6-18(14,15)12-2/h3-4,7,12-13H,5-6,11H2,1-2H3. The van der Waals surface area contributed by atoms with Crippen molar-refractivity contribution in [2.75, 3.05) is 25.1 Å². The van der Waals surface area contributed by atoms with Crippen LogP contribution >= 0.6 is 0 Å². The molecule has 0 amide bonds. The number of benzene rings is 1. The first kappa shape index (κ1) is 15.9. The van der Waals surface area contributed by atoms with Gasteiger partial charge in [-0.15, -0.1) is 0 Å². The van der Waals surface area contributed by atoms with Gasteiger partial charge >= 0.3 is 0 Å². The van der Waals surface area contributed by atoms with Crippen LogP contribution in [-0.2, 0) is 20.0 Å². The number of rotatable bonds is 6. The maximum atomic E-state index is 12.0. The van der Waals surface area contributed by atoms with E-state index < -0.39 is 20.0 Å². The van der Waals surface area contributed by atoms with E-state index in [9.17, 15) is 16.8 Å². The molecule has 0 aromatic heterocycles. The number of nitrogens with two attached hydrogens (primary N) is 1. The van der Waals surface area contributed by atoms with Crippen LogP contribution in [0.3, 0.4) is 0 Å². The molecule has 0 aliphatic carbocycles. The minimum Gasteiger partial charge on any atom is -0.399 e. The number of hydrogen-bond acceptors (Lipinski definition) is 5. The Morgan fingerprint density at radius 3 is 2.42 bits per heavy atom. The van der Waals surface area contributed by atoms with E-state index in [1.165, 1.54) is 13.1 Å². The molecule has 0 bridgehead atoms. The Kier molecular flexibility index (Phi) is 4.91. The summed E-state index contributed by atoms with van der Waals surface area (Å²) in [6, 6.07) is 4.53. The molecule has 0 saturated heterocycles. The molecule has 9 heteroatoms. The second-order valence-electron chi connectivity index (χ2n) is 3.95. The van der Waals surface area contributed by atoms with Crippen molar-refractivity contribution in [3.8, 4) is 0 Å². The Labute approximate surface area is 113 Å². The third-order valence-electron chi connectivity index (χ3n) is 2.48. The zero-order chi connectivity index (χ0) is 14.7. The molecular formula is C10H17N3O4S2. The van der Waals surface area contributed by atoms with Crippen LogP contribution in [0.25, 0.3) is 0 Å². The van der Waals surface area contributed by atoms with Crippen molar-refractivity contribution < 1.29 is 16.8 Å². The molecule has 1 aromatic carbocycles. The van der Waals surface area contributed by atoms with E-state index in [1.807, 2.05) is 0 Å². The Hall–Kier alpha value is -1.16. The van der Waals surface area contributed by atoms with Gasteiger partial charge in [-0.25, -0.2) is 26.3 Å². The number of anilines is 1. The van der Waals surface area contributed by atoms with Crippen molar-refractivity contribution in [1.82, 2.24) is 9.44 Å². The van der Waals surface area contributed by atoms with Gasteiger partial charge in [0, 0.05) is 12.2 Å². The van der Waals surface area contributed by atoms with Gasteiger partial charge in [0.1, 0.15) is 0 Å². The molecule has 0 aliphatic heterocycles. The minimum atomic E-state index is -3.77. The van der Waals surface area contributed by atoms with Crippen LogP contribution in [0.2, 0.25) is 0 Å². The fourth-order valence-corrected chi connectivity index (χ4v) is 3.41. The SMILES string of the molecule is CNS(=O)(=O)CCNS(=O)(=O)c1cc(N)ccc1C. The fourth-order valence-electron chi connectivity index (χ4n) is 1.40. The Balaban J connectivity index is 2.85. The average Bonchev–Trinajstić information content (AvgIpc) is 2.31. The Morgan fingerprint density at radius 2 is 1.84 bits per heavy atom. The van der Waals surface area contributed by atoms with Gasteiger partial charge < -0.3 is 5.73 Å². The summed E-state index contributed by atoms with van der Waals surface area (Å²) in [5, 5.41) is 0. The van der Waals surface area contributed by atoms with Gasteiger partial charge in [-0.2, -0.15) is 0 Å². The molecule has 0 heterocycles. The van der Waals surface area contributed by atoms with Crippen molar-refractivity contribution in [2.45, 2.75) is 11.8 Å². The molecule has 1 rings (SSSR count). The highest BCUT2D eigenvalue weighted by molar-refractivity contribution is 7.90. The van der Waals surface area contributed by atoms with Gasteiger partial charge in [0.15, 0.2) is 0 Å². The molecule has 0 radical (unpaired) electrons. The summed E-state index contributed by atoms with van der Waals surface area (Å²) in [6.45, 7) is 1.43. The van der Waals surface area contributed by atoms with Crippen molar-refractivity contribution in [3.05, 3.63) is 23.8 Å². The van der Waals surface area contributed by atoms with Gasteiger partial charge in [0.2, 0.25) is 20.0 Å². The first-order chi connectivity index (χ1) is 8.68. The van der Waals surface area contributed by atoms with E-state index in [0.717, 1.165) is 0 Å². The third kappa shape index (κ3) is 4.46. The van der Waals surface area contributed by atoms with Crippen LogP contribution in [0.4, 0.5) is 5.69 Å². The van der Waals surface area contributed by atoms with E-state index in [4.69, 9.17) is 5.73 Å². The van der Waals surface area contributed by atoms with Crippen LogP contribution < -0.4 is 15.2 Å². The molecule has 7 nitrogen and oxygen atoms in total. The van der Waals surface area contributed by atoms with E-state index in [2.05, 4.69) is 9.44 Å². The molecule has 0 aliphatic rings. The smallest absolute Gasteiger partial charge is 0.240 e. The summed E-state index contributed by atoms with van der Waals surface area (Å²) >= 11 is 0. The highest BCUT2D eigenvalue weighted by Crippen LogP contribution is 2.17. The average molecular weight is 307 g/mol. The molecule has 19 heavy (non-hydrogen) atoms. The number of nitrogens with one attached hydrogen (secondary N) is 2. The molecule has 1 aromatic rings. The third-order valence-corrected chi connectivity index (χ3v) is 5.44. The lowest BCUT2D eigenvalue weighted by atomic mass is 10.2. The molecular weight excluding hydrogens is 290 g/mol. The van der Waals surface area contributed by atoms with Gasteiger partial charge in [-0.05, 0) is 31.7 Å². The van der Waals surface area contributed by atoms with E-state index in [1.54, 1.807) is 19.1 Å². The molecule has 108 valence electrons. The first-order valence-electron chi connectivity index (χ1n) is 5.45. The predicted molar refractivity (Wildman–Crippen MR) is 73.6 cm³/mol. The summed E-state index contributed by atoms with van der Waals surface area (Å²) in [5.74, 6) is -0.329. The predicted octanol–water partition coefficient (Wildman–Crippen LogP) is -0.595. The first-order valence-corrected chi connectivity index (χ1v) is 8.58. The lowest BCUT2D eigenvalue weighted by Crippen LogP contribution is -2.33. The van der Waals surface area contributed by atoms with E-state index in [-0.39, 0.29) is 17.2 Å². The number of hydrogen-bond donors (Lipinski definition) is 3. The second-order valence-corrected chi connectivity index (χ2v) is 7.73. The molecule has 0 unspecified atom stereocenters. The summed E-state index contributed by atoms with van der Waals surface area (Å²) in [6.07, 6.45) is 0. The van der Waals surface area contributed by atoms with Crippen LogP contribution in [0.1, 0.15) is 5.56 Å². The summed E-state index contributed by atoms with van der Waals surface area (Å²) < 4.78 is 50.7. The highest BCUT2D eigenvalue weighted by Gasteiger charge is 2.18. The van der Waals surface area contributed by atoms with E-state index >= 15 is 0 Å². The zero-order valence-corrected chi connectivity index (χ0v) is 12.3. The molecule has 4 N–H and O–H groups in total. The largest absolute Gasteiger partial charge is 0.399 e. The van der Waals surface area contributed by atoms with Crippen LogP contribution in [-0.4, -0.2) is 36.2 Å². The maximum Gasteiger partial charge on any atom is 0.240 e. The van der Waals surface area contributed by atoms with E-state index in [0.29, 0.717) is 11.3 Å². The lowest BCUT2D eigenvalue weighted by molar-refractivity contribution is 0.578. The van der Waals surface area contributed by atoms with Crippen molar-refractivity contribution in [2.24, 2.45) is 0 Å². The van der Waals surface area contributed by atoms with Crippen LogP contribution in [0.15, 0.2) is 23.1 Å². The number of nitrogen functional groups attached to an aromatic ring is 1. The quantitative estimate of drug-likeness (QED) is 0.607. The van der Waals surface area contributed by atoms with Crippen molar-refractivity contribution in [3.63, 3.8) is 0 Å². The van der Waals surface area contributed by atoms with Gasteiger partial charge in [0.05, 0.1) is 10.6 Å². The van der Waals surface area contributed by atoms with Gasteiger partial charge in [0.25, 0.3) is 0 Å². The Morgan fingerprint density at radius 1 is 1.21 bits per heavy atom. The molecule has 0 fully saturated rings. The van der Waals surface area contributed by atoms with Gasteiger partial charge in [-0.1, -0.05) is 6.07 Å². The Bertz CT molecular complexity index is 653. The fraction of sp³-hybridized carbons (Fsp3) is 0.400. The lowest BCUT2D eigenvalue weighted by Gasteiger charge is -2.10.